The molecule has 13 heavy (non-hydrogen) atoms. The summed E-state index contributed by atoms with van der Waals surface area (Å²) in [5, 5.41) is 1.80. The number of para-hydroxylation sites is 1. The quantitative estimate of drug-likeness (QED) is 0.618. The van der Waals surface area contributed by atoms with Crippen molar-refractivity contribution < 1.29 is 0 Å². The Morgan fingerprint density at radius 2 is 1.92 bits per heavy atom. The number of fused-ring (bicyclic) bond motifs is 1. The molecule has 1 aromatic carbocycles. The monoisotopic (exact) mass is 178 g/mol. The second-order valence-corrected chi connectivity index (χ2v) is 3.28. The van der Waals surface area contributed by atoms with Gasteiger partial charge < -0.3 is 5.01 Å². The smallest absolute Gasteiger partial charge is 0.0549 e. The number of nitrogens with two attached hydrogens (primary N) is 1. The van der Waals surface area contributed by atoms with E-state index < -0.39 is 0 Å². The van der Waals surface area contributed by atoms with Crippen molar-refractivity contribution in [3.63, 3.8) is 0 Å². The summed E-state index contributed by atoms with van der Waals surface area (Å²) in [5.74, 6) is 5.68. The summed E-state index contributed by atoms with van der Waals surface area (Å²) < 4.78 is 0. The summed E-state index contributed by atoms with van der Waals surface area (Å²) in [6, 6.07) is 8.26. The first-order chi connectivity index (χ1) is 6.29. The van der Waals surface area contributed by atoms with Crippen LogP contribution in [0, 0.1) is 0 Å². The van der Waals surface area contributed by atoms with Gasteiger partial charge in [-0.05, 0) is 18.1 Å². The highest BCUT2D eigenvalue weighted by Crippen LogP contribution is 2.23. The highest BCUT2D eigenvalue weighted by Gasteiger charge is 2.13. The minimum Gasteiger partial charge on any atom is -0.310 e. The maximum absolute atomic E-state index is 5.68. The third-order valence-electron chi connectivity index (χ3n) is 1.92. The van der Waals surface area contributed by atoms with Crippen molar-refractivity contribution in [2.75, 3.05) is 11.6 Å². The first kappa shape index (κ1) is 10.1. The first-order valence-corrected chi connectivity index (χ1v) is 4.89. The number of hydrogen-bond donors (Lipinski definition) is 1. The zero-order valence-corrected chi connectivity index (χ0v) is 8.46. The Kier molecular flexibility index (Phi) is 3.77. The topological polar surface area (TPSA) is 29.3 Å². The highest BCUT2D eigenvalue weighted by atomic mass is 15.4. The molecule has 1 aromatic rings. The standard InChI is InChI=1S/C8H10N2.C3H8/c9-10-6-5-7-3-1-2-4-8(7)10;1-3-2/h1-4H,5-6,9H2;3H2,1-2H3. The van der Waals surface area contributed by atoms with Crippen LogP contribution in [0.25, 0.3) is 0 Å². The number of benzene rings is 1. The van der Waals surface area contributed by atoms with Gasteiger partial charge in [0.05, 0.1) is 5.69 Å². The predicted octanol–water partition coefficient (Wildman–Crippen LogP) is 2.34. The van der Waals surface area contributed by atoms with E-state index in [0.29, 0.717) is 0 Å². The van der Waals surface area contributed by atoms with E-state index in [0.717, 1.165) is 13.0 Å². The molecule has 2 heteroatoms. The molecule has 1 aliphatic heterocycles. The van der Waals surface area contributed by atoms with E-state index in [2.05, 4.69) is 32.0 Å². The van der Waals surface area contributed by atoms with E-state index in [-0.39, 0.29) is 0 Å². The summed E-state index contributed by atoms with van der Waals surface area (Å²) in [6.45, 7) is 5.21. The summed E-state index contributed by atoms with van der Waals surface area (Å²) in [4.78, 5) is 0. The largest absolute Gasteiger partial charge is 0.310 e. The van der Waals surface area contributed by atoms with Crippen molar-refractivity contribution in [1.82, 2.24) is 0 Å². The molecule has 72 valence electrons. The van der Waals surface area contributed by atoms with Gasteiger partial charge in [-0.2, -0.15) is 0 Å². The lowest BCUT2D eigenvalue weighted by atomic mass is 10.2. The summed E-state index contributed by atoms with van der Waals surface area (Å²) in [6.07, 6.45) is 2.34. The van der Waals surface area contributed by atoms with Gasteiger partial charge in [-0.1, -0.05) is 38.5 Å². The second-order valence-electron chi connectivity index (χ2n) is 3.28. The molecular weight excluding hydrogens is 160 g/mol. The Hall–Kier alpha value is -1.02. The highest BCUT2D eigenvalue weighted by molar-refractivity contribution is 5.56. The van der Waals surface area contributed by atoms with E-state index in [4.69, 9.17) is 5.84 Å². The van der Waals surface area contributed by atoms with Crippen molar-refractivity contribution in [3.05, 3.63) is 29.8 Å². The van der Waals surface area contributed by atoms with Crippen molar-refractivity contribution in [3.8, 4) is 0 Å². The second kappa shape index (κ2) is 4.87. The maximum Gasteiger partial charge on any atom is 0.0549 e. The average Bonchev–Trinajstić information content (AvgIpc) is 2.50. The molecule has 2 N–H and O–H groups in total. The number of hydrogen-bond acceptors (Lipinski definition) is 2. The molecule has 0 aliphatic carbocycles. The van der Waals surface area contributed by atoms with E-state index in [9.17, 15) is 0 Å². The Labute approximate surface area is 80.3 Å². The van der Waals surface area contributed by atoms with Crippen LogP contribution in [0.4, 0.5) is 5.69 Å². The fourth-order valence-corrected chi connectivity index (χ4v) is 1.36. The molecular formula is C11H18N2. The zero-order valence-electron chi connectivity index (χ0n) is 8.46. The van der Waals surface area contributed by atoms with Crippen LogP contribution in [0.3, 0.4) is 0 Å². The van der Waals surface area contributed by atoms with E-state index in [1.807, 2.05) is 6.07 Å². The lowest BCUT2D eigenvalue weighted by molar-refractivity contribution is 0.891. The van der Waals surface area contributed by atoms with Gasteiger partial charge in [-0.3, -0.25) is 0 Å². The lowest BCUT2D eigenvalue weighted by Crippen LogP contribution is -2.27. The normalized spacial score (nSPS) is 13.3. The molecule has 0 amide bonds. The minimum atomic E-state index is 0.958. The number of hydrazine groups is 1. The van der Waals surface area contributed by atoms with Gasteiger partial charge in [0.15, 0.2) is 0 Å². The van der Waals surface area contributed by atoms with Crippen LogP contribution >= 0.6 is 0 Å². The van der Waals surface area contributed by atoms with Crippen LogP contribution in [-0.4, -0.2) is 6.54 Å². The van der Waals surface area contributed by atoms with Gasteiger partial charge in [0.1, 0.15) is 0 Å². The summed E-state index contributed by atoms with van der Waals surface area (Å²) in [5.41, 5.74) is 2.55. The molecule has 0 atom stereocenters. The van der Waals surface area contributed by atoms with E-state index in [1.54, 1.807) is 5.01 Å². The molecule has 0 saturated carbocycles. The third kappa shape index (κ3) is 2.46. The molecule has 0 saturated heterocycles. The summed E-state index contributed by atoms with van der Waals surface area (Å²) in [7, 11) is 0. The molecule has 0 fully saturated rings. The maximum atomic E-state index is 5.68. The third-order valence-corrected chi connectivity index (χ3v) is 1.92. The van der Waals surface area contributed by atoms with Crippen molar-refractivity contribution >= 4 is 5.69 Å². The number of rotatable bonds is 0. The van der Waals surface area contributed by atoms with Gasteiger partial charge in [0, 0.05) is 6.54 Å². The van der Waals surface area contributed by atoms with Crippen molar-refractivity contribution in [1.29, 1.82) is 0 Å². The SMILES string of the molecule is CCC.NN1CCc2ccccc21. The molecule has 0 aromatic heterocycles. The Morgan fingerprint density at radius 3 is 2.54 bits per heavy atom. The molecule has 0 unspecified atom stereocenters. The lowest BCUT2D eigenvalue weighted by Gasteiger charge is -2.09. The van der Waals surface area contributed by atoms with E-state index in [1.165, 1.54) is 17.7 Å². The van der Waals surface area contributed by atoms with Crippen LogP contribution in [0.2, 0.25) is 0 Å². The number of anilines is 1. The molecule has 0 bridgehead atoms. The van der Waals surface area contributed by atoms with Gasteiger partial charge in [-0.25, -0.2) is 5.84 Å². The van der Waals surface area contributed by atoms with Crippen LogP contribution in [0.5, 0.6) is 0 Å². The van der Waals surface area contributed by atoms with Crippen LogP contribution in [-0.2, 0) is 6.42 Å². The van der Waals surface area contributed by atoms with Crippen LogP contribution in [0.1, 0.15) is 25.8 Å². The van der Waals surface area contributed by atoms with Gasteiger partial charge >= 0.3 is 0 Å². The van der Waals surface area contributed by atoms with Crippen molar-refractivity contribution in [2.24, 2.45) is 5.84 Å². The summed E-state index contributed by atoms with van der Waals surface area (Å²) >= 11 is 0. The molecule has 1 aliphatic rings. The minimum absolute atomic E-state index is 0.958. The van der Waals surface area contributed by atoms with Crippen LogP contribution in [0.15, 0.2) is 24.3 Å². The van der Waals surface area contributed by atoms with E-state index >= 15 is 0 Å². The van der Waals surface area contributed by atoms with Gasteiger partial charge in [0.2, 0.25) is 0 Å². The number of nitrogens with zero attached hydrogens (tertiary/aromatic N) is 1. The first-order valence-electron chi connectivity index (χ1n) is 4.89. The Bertz CT molecular complexity index is 258. The predicted molar refractivity (Wildman–Crippen MR) is 57.6 cm³/mol. The van der Waals surface area contributed by atoms with Gasteiger partial charge in [0.25, 0.3) is 0 Å². The van der Waals surface area contributed by atoms with Gasteiger partial charge in [-0.15, -0.1) is 0 Å². The Balaban J connectivity index is 0.000000251. The fraction of sp³-hybridized carbons (Fsp3) is 0.455. The molecule has 2 nitrogen and oxygen atoms in total. The van der Waals surface area contributed by atoms with Crippen molar-refractivity contribution in [2.45, 2.75) is 26.7 Å². The van der Waals surface area contributed by atoms with Crippen LogP contribution < -0.4 is 10.9 Å². The zero-order chi connectivity index (χ0) is 9.68. The molecule has 0 radical (unpaired) electrons. The molecule has 2 rings (SSSR count). The molecule has 0 spiro atoms. The molecule has 1 heterocycles. The Morgan fingerprint density at radius 1 is 1.31 bits per heavy atom. The fourth-order valence-electron chi connectivity index (χ4n) is 1.36. The average molecular weight is 178 g/mol.